The van der Waals surface area contributed by atoms with Crippen molar-refractivity contribution in [1.29, 1.82) is 0 Å². The van der Waals surface area contributed by atoms with E-state index in [0.717, 1.165) is 0 Å². The molecule has 0 heterocycles. The Morgan fingerprint density at radius 2 is 1.53 bits per heavy atom. The van der Waals surface area contributed by atoms with Gasteiger partial charge in [-0.25, -0.2) is 0 Å². The molecule has 0 amide bonds. The summed E-state index contributed by atoms with van der Waals surface area (Å²) in [5.41, 5.74) is 0.501. The zero-order valence-corrected chi connectivity index (χ0v) is 11.5. The molecule has 1 aromatic carbocycles. The van der Waals surface area contributed by atoms with E-state index in [9.17, 15) is 9.59 Å². The zero-order chi connectivity index (χ0) is 14.4. The molecule has 104 valence electrons. The summed E-state index contributed by atoms with van der Waals surface area (Å²) in [6.07, 6.45) is -1.14. The zero-order valence-electron chi connectivity index (χ0n) is 11.5. The minimum absolute atomic E-state index is 0.0449. The molecule has 5 heteroatoms. The second-order valence-corrected chi connectivity index (χ2v) is 4.26. The molecular weight excluding hydrogens is 248 g/mol. The first-order chi connectivity index (χ1) is 8.90. The minimum Gasteiger partial charge on any atom is -0.490 e. The van der Waals surface area contributed by atoms with Crippen molar-refractivity contribution >= 4 is 11.9 Å². The van der Waals surface area contributed by atoms with Crippen LogP contribution in [0.1, 0.15) is 39.5 Å². The minimum atomic E-state index is -1.09. The Balaban J connectivity index is 3.06. The van der Waals surface area contributed by atoms with Crippen molar-refractivity contribution in [3.8, 4) is 5.75 Å². The van der Waals surface area contributed by atoms with E-state index < -0.39 is 18.2 Å². The molecule has 0 saturated carbocycles. The first-order valence-corrected chi connectivity index (χ1v) is 6.00. The van der Waals surface area contributed by atoms with Gasteiger partial charge in [0.05, 0.1) is 11.7 Å². The predicted octanol–water partition coefficient (Wildman–Crippen LogP) is 2.60. The van der Waals surface area contributed by atoms with Crippen LogP contribution in [0.4, 0.5) is 0 Å². The number of ether oxygens (including phenoxy) is 3. The number of rotatable bonds is 5. The summed E-state index contributed by atoms with van der Waals surface area (Å²) >= 11 is 0. The fourth-order valence-electron chi connectivity index (χ4n) is 1.49. The lowest BCUT2D eigenvalue weighted by Gasteiger charge is -2.20. The summed E-state index contributed by atoms with van der Waals surface area (Å²) in [6, 6.07) is 6.96. The maximum Gasteiger partial charge on any atom is 0.305 e. The summed E-state index contributed by atoms with van der Waals surface area (Å²) in [5, 5.41) is 0. The van der Waals surface area contributed by atoms with Crippen molar-refractivity contribution in [3.05, 3.63) is 29.8 Å². The summed E-state index contributed by atoms with van der Waals surface area (Å²) < 4.78 is 15.6. The summed E-state index contributed by atoms with van der Waals surface area (Å²) in [6.45, 7) is 6.26. The van der Waals surface area contributed by atoms with Gasteiger partial charge in [0.25, 0.3) is 6.29 Å². The Morgan fingerprint density at radius 3 is 2.00 bits per heavy atom. The molecule has 1 rings (SSSR count). The monoisotopic (exact) mass is 266 g/mol. The van der Waals surface area contributed by atoms with Crippen LogP contribution in [-0.2, 0) is 19.1 Å². The molecule has 0 radical (unpaired) electrons. The van der Waals surface area contributed by atoms with Crippen LogP contribution in [0.15, 0.2) is 24.3 Å². The van der Waals surface area contributed by atoms with Gasteiger partial charge in [0.15, 0.2) is 0 Å². The van der Waals surface area contributed by atoms with Gasteiger partial charge >= 0.3 is 11.9 Å². The second-order valence-electron chi connectivity index (χ2n) is 4.26. The molecule has 0 bridgehead atoms. The van der Waals surface area contributed by atoms with Crippen LogP contribution in [0.2, 0.25) is 0 Å². The normalized spacial score (nSPS) is 10.4. The van der Waals surface area contributed by atoms with Crippen molar-refractivity contribution in [2.24, 2.45) is 0 Å². The largest absolute Gasteiger partial charge is 0.490 e. The SMILES string of the molecule is CC(=O)OC(OC(C)=O)c1ccccc1OC(C)C. The lowest BCUT2D eigenvalue weighted by Crippen LogP contribution is -2.17. The van der Waals surface area contributed by atoms with Crippen LogP contribution in [-0.4, -0.2) is 18.0 Å². The molecular formula is C14H18O5. The molecule has 0 unspecified atom stereocenters. The third-order valence-corrected chi connectivity index (χ3v) is 2.08. The average molecular weight is 266 g/mol. The van der Waals surface area contributed by atoms with Crippen LogP contribution in [0.25, 0.3) is 0 Å². The fraction of sp³-hybridized carbons (Fsp3) is 0.429. The molecule has 19 heavy (non-hydrogen) atoms. The molecule has 0 aliphatic heterocycles. The van der Waals surface area contributed by atoms with Crippen molar-refractivity contribution in [1.82, 2.24) is 0 Å². The first kappa shape index (κ1) is 15.0. The van der Waals surface area contributed by atoms with E-state index >= 15 is 0 Å². The first-order valence-electron chi connectivity index (χ1n) is 6.00. The Labute approximate surface area is 112 Å². The van der Waals surface area contributed by atoms with E-state index in [-0.39, 0.29) is 6.10 Å². The van der Waals surface area contributed by atoms with Gasteiger partial charge in [0.1, 0.15) is 5.75 Å². The van der Waals surface area contributed by atoms with Crippen LogP contribution in [0, 0.1) is 0 Å². The fourth-order valence-corrected chi connectivity index (χ4v) is 1.49. The number of benzene rings is 1. The van der Waals surface area contributed by atoms with E-state index in [1.165, 1.54) is 13.8 Å². The highest BCUT2D eigenvalue weighted by Gasteiger charge is 2.22. The van der Waals surface area contributed by atoms with Gasteiger partial charge in [-0.15, -0.1) is 0 Å². The lowest BCUT2D eigenvalue weighted by molar-refractivity contribution is -0.186. The Kier molecular flexibility index (Phi) is 5.36. The lowest BCUT2D eigenvalue weighted by atomic mass is 10.2. The maximum absolute atomic E-state index is 11.1. The van der Waals surface area contributed by atoms with E-state index in [2.05, 4.69) is 0 Å². The Morgan fingerprint density at radius 1 is 1.00 bits per heavy atom. The highest BCUT2D eigenvalue weighted by atomic mass is 16.7. The van der Waals surface area contributed by atoms with Crippen molar-refractivity contribution in [2.45, 2.75) is 40.1 Å². The van der Waals surface area contributed by atoms with Crippen LogP contribution < -0.4 is 4.74 Å². The molecule has 0 saturated heterocycles. The number of carbonyl (C=O) groups is 2. The standard InChI is InChI=1S/C14H18O5/c1-9(2)17-13-8-6-5-7-12(13)14(18-10(3)15)19-11(4)16/h5-9,14H,1-4H3. The Bertz CT molecular complexity index is 437. The molecule has 1 aromatic rings. The number of hydrogen-bond acceptors (Lipinski definition) is 5. The predicted molar refractivity (Wildman–Crippen MR) is 68.5 cm³/mol. The number of carbonyl (C=O) groups excluding carboxylic acids is 2. The van der Waals surface area contributed by atoms with Crippen LogP contribution in [0.5, 0.6) is 5.75 Å². The molecule has 0 atom stereocenters. The van der Waals surface area contributed by atoms with Gasteiger partial charge in [-0.3, -0.25) is 9.59 Å². The molecule has 0 aliphatic carbocycles. The highest BCUT2D eigenvalue weighted by molar-refractivity contribution is 5.68. The third kappa shape index (κ3) is 4.99. The van der Waals surface area contributed by atoms with Gasteiger partial charge in [0, 0.05) is 13.8 Å². The third-order valence-electron chi connectivity index (χ3n) is 2.08. The van der Waals surface area contributed by atoms with Gasteiger partial charge < -0.3 is 14.2 Å². The van der Waals surface area contributed by atoms with Crippen LogP contribution >= 0.6 is 0 Å². The van der Waals surface area contributed by atoms with Gasteiger partial charge in [0.2, 0.25) is 0 Å². The van der Waals surface area contributed by atoms with Gasteiger partial charge in [-0.1, -0.05) is 12.1 Å². The Hall–Kier alpha value is -2.04. The molecule has 0 spiro atoms. The molecule has 0 fully saturated rings. The van der Waals surface area contributed by atoms with Crippen molar-refractivity contribution < 1.29 is 23.8 Å². The molecule has 0 N–H and O–H groups in total. The van der Waals surface area contributed by atoms with E-state index in [0.29, 0.717) is 11.3 Å². The number of esters is 2. The number of para-hydroxylation sites is 1. The van der Waals surface area contributed by atoms with Gasteiger partial charge in [-0.2, -0.15) is 0 Å². The second kappa shape index (κ2) is 6.78. The van der Waals surface area contributed by atoms with E-state index in [1.54, 1.807) is 24.3 Å². The van der Waals surface area contributed by atoms with Crippen molar-refractivity contribution in [2.75, 3.05) is 0 Å². The maximum atomic E-state index is 11.1. The van der Waals surface area contributed by atoms with Crippen LogP contribution in [0.3, 0.4) is 0 Å². The van der Waals surface area contributed by atoms with Crippen molar-refractivity contribution in [3.63, 3.8) is 0 Å². The smallest absolute Gasteiger partial charge is 0.305 e. The molecule has 0 aliphatic rings. The quantitative estimate of drug-likeness (QED) is 0.605. The topological polar surface area (TPSA) is 61.8 Å². The summed E-state index contributed by atoms with van der Waals surface area (Å²) in [5.74, 6) is -0.554. The summed E-state index contributed by atoms with van der Waals surface area (Å²) in [7, 11) is 0. The van der Waals surface area contributed by atoms with Gasteiger partial charge in [-0.05, 0) is 26.0 Å². The summed E-state index contributed by atoms with van der Waals surface area (Å²) in [4.78, 5) is 22.2. The average Bonchev–Trinajstić information content (AvgIpc) is 2.26. The van der Waals surface area contributed by atoms with E-state index in [1.807, 2.05) is 13.8 Å². The highest BCUT2D eigenvalue weighted by Crippen LogP contribution is 2.29. The molecule has 5 nitrogen and oxygen atoms in total. The molecule has 0 aromatic heterocycles. The number of hydrogen-bond donors (Lipinski definition) is 0. The van der Waals surface area contributed by atoms with E-state index in [4.69, 9.17) is 14.2 Å².